The molecule has 0 spiro atoms. The number of likely N-dealkylation sites (tertiary alicyclic amines) is 1. The molecule has 2 N–H and O–H groups in total. The zero-order valence-corrected chi connectivity index (χ0v) is 17.5. The molecule has 2 atom stereocenters. The lowest BCUT2D eigenvalue weighted by Crippen LogP contribution is -2.38. The summed E-state index contributed by atoms with van der Waals surface area (Å²) in [5.41, 5.74) is 1.04. The Bertz CT molecular complexity index is 459. The highest BCUT2D eigenvalue weighted by atomic mass is 16.3. The molecule has 0 aliphatic carbocycles. The van der Waals surface area contributed by atoms with Gasteiger partial charge in [0.2, 0.25) is 0 Å². The summed E-state index contributed by atoms with van der Waals surface area (Å²) < 4.78 is 0. The first-order chi connectivity index (χ1) is 13.3. The Kier molecular flexibility index (Phi) is 11.7. The van der Waals surface area contributed by atoms with Gasteiger partial charge < -0.3 is 15.3 Å². The van der Waals surface area contributed by atoms with E-state index in [2.05, 4.69) is 17.1 Å². The number of rotatable bonds is 14. The van der Waals surface area contributed by atoms with Gasteiger partial charge in [-0.2, -0.15) is 0 Å². The molecule has 0 bridgehead atoms. The van der Waals surface area contributed by atoms with Crippen molar-refractivity contribution in [3.05, 3.63) is 35.9 Å². The largest absolute Gasteiger partial charge is 0.387 e. The highest BCUT2D eigenvalue weighted by molar-refractivity contribution is 5.18. The standard InChI is InChI=1S/C24H42N2O/c1-2-3-4-5-6-11-17-23(24(27)22-15-9-7-10-16-22)25-18-14-21-26-19-12-8-13-20-26/h7,9-10,15-16,23-25,27H,2-6,8,11-14,17-21H2,1H3. The van der Waals surface area contributed by atoms with E-state index in [1.165, 1.54) is 83.8 Å². The fraction of sp³-hybridized carbons (Fsp3) is 0.750. The highest BCUT2D eigenvalue weighted by Gasteiger charge is 2.20. The van der Waals surface area contributed by atoms with Crippen LogP contribution in [0.2, 0.25) is 0 Å². The minimum Gasteiger partial charge on any atom is -0.387 e. The second kappa shape index (κ2) is 14.1. The lowest BCUT2D eigenvalue weighted by atomic mass is 9.96. The smallest absolute Gasteiger partial charge is 0.0942 e. The van der Waals surface area contributed by atoms with E-state index in [0.29, 0.717) is 0 Å². The van der Waals surface area contributed by atoms with Crippen LogP contribution in [0.15, 0.2) is 30.3 Å². The molecule has 1 saturated heterocycles. The van der Waals surface area contributed by atoms with Crippen molar-refractivity contribution in [1.82, 2.24) is 10.2 Å². The Balaban J connectivity index is 1.73. The SMILES string of the molecule is CCCCCCCCC(NCCCN1CCCCC1)C(O)c1ccccc1. The van der Waals surface area contributed by atoms with Crippen molar-refractivity contribution >= 4 is 0 Å². The van der Waals surface area contributed by atoms with E-state index in [0.717, 1.165) is 18.5 Å². The number of nitrogens with zero attached hydrogens (tertiary/aromatic N) is 1. The van der Waals surface area contributed by atoms with Crippen LogP contribution in [0, 0.1) is 0 Å². The number of piperidine rings is 1. The molecular weight excluding hydrogens is 332 g/mol. The summed E-state index contributed by atoms with van der Waals surface area (Å²) in [5, 5.41) is 14.6. The van der Waals surface area contributed by atoms with Gasteiger partial charge in [-0.25, -0.2) is 0 Å². The Morgan fingerprint density at radius 3 is 2.37 bits per heavy atom. The second-order valence-electron chi connectivity index (χ2n) is 8.23. The van der Waals surface area contributed by atoms with Crippen LogP contribution in [0.25, 0.3) is 0 Å². The highest BCUT2D eigenvalue weighted by Crippen LogP contribution is 2.21. The molecule has 3 nitrogen and oxygen atoms in total. The molecule has 0 amide bonds. The molecule has 0 saturated carbocycles. The van der Waals surface area contributed by atoms with E-state index in [9.17, 15) is 5.11 Å². The molecule has 2 unspecified atom stereocenters. The fourth-order valence-electron chi connectivity index (χ4n) is 4.17. The molecule has 1 heterocycles. The average molecular weight is 375 g/mol. The van der Waals surface area contributed by atoms with Gasteiger partial charge in [0.15, 0.2) is 0 Å². The normalized spacial score (nSPS) is 17.7. The zero-order valence-electron chi connectivity index (χ0n) is 17.5. The summed E-state index contributed by atoms with van der Waals surface area (Å²) in [7, 11) is 0. The molecule has 2 rings (SSSR count). The maximum atomic E-state index is 10.9. The van der Waals surface area contributed by atoms with Gasteiger partial charge in [0.05, 0.1) is 6.10 Å². The van der Waals surface area contributed by atoms with Gasteiger partial charge in [0, 0.05) is 6.04 Å². The van der Waals surface area contributed by atoms with E-state index in [1.807, 2.05) is 30.3 Å². The van der Waals surface area contributed by atoms with Crippen molar-refractivity contribution in [1.29, 1.82) is 0 Å². The predicted octanol–water partition coefficient (Wildman–Crippen LogP) is 5.30. The Labute approximate surface area is 167 Å². The summed E-state index contributed by atoms with van der Waals surface area (Å²) in [6.07, 6.45) is 13.8. The van der Waals surface area contributed by atoms with Gasteiger partial charge in [0.25, 0.3) is 0 Å². The molecule has 1 aliphatic heterocycles. The molecule has 1 aliphatic rings. The third-order valence-corrected chi connectivity index (χ3v) is 5.90. The summed E-state index contributed by atoms with van der Waals surface area (Å²) >= 11 is 0. The maximum Gasteiger partial charge on any atom is 0.0942 e. The number of hydrogen-bond acceptors (Lipinski definition) is 3. The van der Waals surface area contributed by atoms with Crippen LogP contribution in [0.3, 0.4) is 0 Å². The Morgan fingerprint density at radius 1 is 0.926 bits per heavy atom. The maximum absolute atomic E-state index is 10.9. The third kappa shape index (κ3) is 9.23. The van der Waals surface area contributed by atoms with Crippen LogP contribution in [0.4, 0.5) is 0 Å². The minimum atomic E-state index is -0.406. The van der Waals surface area contributed by atoms with E-state index in [4.69, 9.17) is 0 Å². The number of aliphatic hydroxyl groups is 1. The van der Waals surface area contributed by atoms with E-state index >= 15 is 0 Å². The van der Waals surface area contributed by atoms with Crippen molar-refractivity contribution < 1.29 is 5.11 Å². The molecule has 1 aromatic rings. The topological polar surface area (TPSA) is 35.5 Å². The van der Waals surface area contributed by atoms with Crippen LogP contribution < -0.4 is 5.32 Å². The summed E-state index contributed by atoms with van der Waals surface area (Å²) in [6.45, 7) is 7.00. The summed E-state index contributed by atoms with van der Waals surface area (Å²) in [4.78, 5) is 2.60. The molecule has 3 heteroatoms. The van der Waals surface area contributed by atoms with Gasteiger partial charge in [0.1, 0.15) is 0 Å². The lowest BCUT2D eigenvalue weighted by molar-refractivity contribution is 0.120. The number of aliphatic hydroxyl groups excluding tert-OH is 1. The quantitative estimate of drug-likeness (QED) is 0.433. The van der Waals surface area contributed by atoms with Crippen molar-refractivity contribution in [2.75, 3.05) is 26.2 Å². The van der Waals surface area contributed by atoms with Gasteiger partial charge in [-0.3, -0.25) is 0 Å². The van der Waals surface area contributed by atoms with E-state index in [1.54, 1.807) is 0 Å². The molecule has 0 aromatic heterocycles. The molecule has 154 valence electrons. The van der Waals surface area contributed by atoms with Crippen molar-refractivity contribution in [2.24, 2.45) is 0 Å². The number of nitrogens with one attached hydrogen (secondary N) is 1. The minimum absolute atomic E-state index is 0.167. The van der Waals surface area contributed by atoms with Gasteiger partial charge in [-0.05, 0) is 57.4 Å². The first kappa shape index (κ1) is 22.4. The third-order valence-electron chi connectivity index (χ3n) is 5.90. The first-order valence-corrected chi connectivity index (χ1v) is 11.5. The Hall–Kier alpha value is -0.900. The van der Waals surface area contributed by atoms with Crippen LogP contribution in [-0.4, -0.2) is 42.2 Å². The van der Waals surface area contributed by atoms with Crippen molar-refractivity contribution in [3.8, 4) is 0 Å². The van der Waals surface area contributed by atoms with Crippen molar-refractivity contribution in [3.63, 3.8) is 0 Å². The van der Waals surface area contributed by atoms with Crippen LogP contribution in [0.5, 0.6) is 0 Å². The van der Waals surface area contributed by atoms with Crippen molar-refractivity contribution in [2.45, 2.75) is 89.7 Å². The van der Waals surface area contributed by atoms with Gasteiger partial charge in [-0.15, -0.1) is 0 Å². The summed E-state index contributed by atoms with van der Waals surface area (Å²) in [6, 6.07) is 10.3. The number of benzene rings is 1. The van der Waals surface area contributed by atoms with Gasteiger partial charge in [-0.1, -0.05) is 82.2 Å². The molecule has 0 radical (unpaired) electrons. The average Bonchev–Trinajstić information content (AvgIpc) is 2.73. The lowest BCUT2D eigenvalue weighted by Gasteiger charge is -2.28. The molecular formula is C24H42N2O. The van der Waals surface area contributed by atoms with E-state index < -0.39 is 6.10 Å². The Morgan fingerprint density at radius 2 is 1.63 bits per heavy atom. The first-order valence-electron chi connectivity index (χ1n) is 11.5. The number of unbranched alkanes of at least 4 members (excludes halogenated alkanes) is 5. The summed E-state index contributed by atoms with van der Waals surface area (Å²) in [5.74, 6) is 0. The molecule has 27 heavy (non-hydrogen) atoms. The monoisotopic (exact) mass is 374 g/mol. The van der Waals surface area contributed by atoms with Crippen LogP contribution in [0.1, 0.15) is 89.2 Å². The molecule has 1 fully saturated rings. The van der Waals surface area contributed by atoms with Crippen LogP contribution in [-0.2, 0) is 0 Å². The van der Waals surface area contributed by atoms with Gasteiger partial charge >= 0.3 is 0 Å². The van der Waals surface area contributed by atoms with Crippen LogP contribution >= 0.6 is 0 Å². The fourth-order valence-corrected chi connectivity index (χ4v) is 4.17. The second-order valence-corrected chi connectivity index (χ2v) is 8.23. The zero-order chi connectivity index (χ0) is 19.2. The predicted molar refractivity (Wildman–Crippen MR) is 116 cm³/mol. The molecule has 1 aromatic carbocycles. The van der Waals surface area contributed by atoms with E-state index in [-0.39, 0.29) is 6.04 Å². The number of hydrogen-bond donors (Lipinski definition) is 2.